The number of aliphatic hydroxyl groups excluding tert-OH is 1. The first-order chi connectivity index (χ1) is 18.7. The smallest absolute Gasteiger partial charge is 0.417 e. The summed E-state index contributed by atoms with van der Waals surface area (Å²) in [6.07, 6.45) is -5.40. The van der Waals surface area contributed by atoms with Gasteiger partial charge in [-0.05, 0) is 26.1 Å². The Morgan fingerprint density at radius 2 is 2.00 bits per heavy atom. The van der Waals surface area contributed by atoms with E-state index >= 15 is 0 Å². The Balaban J connectivity index is 1.69. The summed E-state index contributed by atoms with van der Waals surface area (Å²) in [5.74, 6) is -7.30. The van der Waals surface area contributed by atoms with Crippen molar-refractivity contribution in [2.24, 2.45) is 5.92 Å². The zero-order chi connectivity index (χ0) is 29.6. The number of hydrogen-bond acceptors (Lipinski definition) is 7. The molecule has 2 aliphatic rings. The standard InChI is InChI=1S/C26H29F5N4O5/c1-13-20(16-5-6-17(27)21(28)22(16)39-4)23(40-25(13,2)26(29,30)31)24(38)33-14-7-8-32-18(9-14)35-15(12-36)10-34(3)11-19(35)37/h5-9,13,15,20,23,36H,10-12H2,1-4H3,(H,32,33,38)/t13-,15+,20-,23+,25+/m0/s1. The van der Waals surface area contributed by atoms with Crippen molar-refractivity contribution in [1.29, 1.82) is 0 Å². The highest BCUT2D eigenvalue weighted by Gasteiger charge is 2.66. The Hall–Kier alpha value is -3.36. The molecule has 2 amide bonds. The number of piperazine rings is 1. The Bertz CT molecular complexity index is 1290. The molecule has 0 aliphatic carbocycles. The number of halogens is 5. The zero-order valence-corrected chi connectivity index (χ0v) is 22.1. The van der Waals surface area contributed by atoms with E-state index in [1.807, 2.05) is 0 Å². The number of methoxy groups -OCH3 is 1. The molecule has 9 nitrogen and oxygen atoms in total. The van der Waals surface area contributed by atoms with Gasteiger partial charge in [-0.1, -0.05) is 13.0 Å². The first-order valence-electron chi connectivity index (χ1n) is 12.4. The maximum absolute atomic E-state index is 14.6. The van der Waals surface area contributed by atoms with Gasteiger partial charge in [-0.15, -0.1) is 0 Å². The van der Waals surface area contributed by atoms with E-state index in [4.69, 9.17) is 9.47 Å². The van der Waals surface area contributed by atoms with Crippen molar-refractivity contribution < 1.29 is 46.1 Å². The maximum Gasteiger partial charge on any atom is 0.417 e. The van der Waals surface area contributed by atoms with Crippen molar-refractivity contribution in [1.82, 2.24) is 9.88 Å². The lowest BCUT2D eigenvalue weighted by Gasteiger charge is -2.38. The monoisotopic (exact) mass is 572 g/mol. The quantitative estimate of drug-likeness (QED) is 0.513. The molecule has 3 heterocycles. The number of carbonyl (C=O) groups excluding carboxylic acids is 2. The predicted molar refractivity (Wildman–Crippen MR) is 133 cm³/mol. The van der Waals surface area contributed by atoms with Crippen molar-refractivity contribution in [3.63, 3.8) is 0 Å². The summed E-state index contributed by atoms with van der Waals surface area (Å²) in [5, 5.41) is 12.3. The fourth-order valence-electron chi connectivity index (χ4n) is 5.35. The van der Waals surface area contributed by atoms with Crippen LogP contribution in [0.3, 0.4) is 0 Å². The fourth-order valence-corrected chi connectivity index (χ4v) is 5.35. The van der Waals surface area contributed by atoms with E-state index in [1.54, 1.807) is 11.9 Å². The molecule has 14 heteroatoms. The molecule has 0 spiro atoms. The van der Waals surface area contributed by atoms with Crippen molar-refractivity contribution >= 4 is 23.3 Å². The Morgan fingerprint density at radius 1 is 1.30 bits per heavy atom. The van der Waals surface area contributed by atoms with Gasteiger partial charge in [0, 0.05) is 41.9 Å². The van der Waals surface area contributed by atoms with Crippen LogP contribution in [0.1, 0.15) is 25.3 Å². The van der Waals surface area contributed by atoms with Gasteiger partial charge in [-0.3, -0.25) is 19.4 Å². The van der Waals surface area contributed by atoms with Gasteiger partial charge in [0.25, 0.3) is 5.91 Å². The van der Waals surface area contributed by atoms with Gasteiger partial charge in [0.2, 0.25) is 11.7 Å². The maximum atomic E-state index is 14.6. The fraction of sp³-hybridized carbons (Fsp3) is 0.500. The van der Waals surface area contributed by atoms with Crippen molar-refractivity contribution in [3.8, 4) is 5.75 Å². The molecular formula is C26H29F5N4O5. The molecular weight excluding hydrogens is 543 g/mol. The van der Waals surface area contributed by atoms with E-state index in [9.17, 15) is 36.6 Å². The van der Waals surface area contributed by atoms with Crippen LogP contribution in [0.15, 0.2) is 30.5 Å². The number of hydrogen-bond donors (Lipinski definition) is 2. The van der Waals surface area contributed by atoms with Gasteiger partial charge in [-0.25, -0.2) is 9.37 Å². The van der Waals surface area contributed by atoms with Crippen LogP contribution in [-0.2, 0) is 14.3 Å². The molecule has 0 unspecified atom stereocenters. The van der Waals surface area contributed by atoms with Gasteiger partial charge in [0.1, 0.15) is 11.9 Å². The highest BCUT2D eigenvalue weighted by atomic mass is 19.4. The number of ether oxygens (including phenoxy) is 2. The molecule has 218 valence electrons. The number of anilines is 2. The van der Waals surface area contributed by atoms with E-state index in [0.29, 0.717) is 6.54 Å². The Labute approximate surface area is 226 Å². The van der Waals surface area contributed by atoms with Crippen LogP contribution in [0.4, 0.5) is 33.5 Å². The average Bonchev–Trinajstić information content (AvgIpc) is 3.16. The van der Waals surface area contributed by atoms with Crippen molar-refractivity contribution in [3.05, 3.63) is 47.7 Å². The molecule has 2 fully saturated rings. The molecule has 2 saturated heterocycles. The van der Waals surface area contributed by atoms with Crippen LogP contribution in [-0.4, -0.2) is 84.6 Å². The number of amides is 2. The molecule has 4 rings (SSSR count). The number of nitrogens with zero attached hydrogens (tertiary/aromatic N) is 3. The average molecular weight is 573 g/mol. The third-order valence-corrected chi connectivity index (χ3v) is 7.60. The number of carbonyl (C=O) groups is 2. The molecule has 0 radical (unpaired) electrons. The number of pyridine rings is 1. The number of rotatable bonds is 6. The first-order valence-corrected chi connectivity index (χ1v) is 12.4. The lowest BCUT2D eigenvalue weighted by atomic mass is 9.77. The number of likely N-dealkylation sites (N-methyl/N-ethyl adjacent to an activating group) is 1. The SMILES string of the molecule is COc1c([C@H]2[C@H](C(=O)Nc3ccnc(N4C(=O)CN(C)C[C@@H]4CO)c3)O[C@@](C)(C(F)(F)F)[C@H]2C)ccc(F)c1F. The number of benzene rings is 1. The largest absolute Gasteiger partial charge is 0.493 e. The van der Waals surface area contributed by atoms with Gasteiger partial charge >= 0.3 is 6.18 Å². The normalized spacial score (nSPS) is 27.6. The molecule has 0 bridgehead atoms. The number of aromatic nitrogens is 1. The summed E-state index contributed by atoms with van der Waals surface area (Å²) in [5.41, 5.74) is -2.88. The van der Waals surface area contributed by atoms with Crippen LogP contribution < -0.4 is 15.0 Å². The minimum Gasteiger partial charge on any atom is -0.493 e. The molecule has 2 aromatic rings. The van der Waals surface area contributed by atoms with Crippen LogP contribution in [0, 0.1) is 17.6 Å². The highest BCUT2D eigenvalue weighted by molar-refractivity contribution is 5.98. The van der Waals surface area contributed by atoms with E-state index in [0.717, 1.165) is 26.2 Å². The van der Waals surface area contributed by atoms with Gasteiger partial charge < -0.3 is 19.9 Å². The summed E-state index contributed by atoms with van der Waals surface area (Å²) in [7, 11) is 2.76. The van der Waals surface area contributed by atoms with Crippen LogP contribution in [0.2, 0.25) is 0 Å². The third-order valence-electron chi connectivity index (χ3n) is 7.60. The second-order valence-electron chi connectivity index (χ2n) is 10.1. The molecule has 2 aliphatic heterocycles. The Kier molecular flexibility index (Phi) is 8.07. The number of nitrogens with one attached hydrogen (secondary N) is 1. The Morgan fingerprint density at radius 3 is 2.62 bits per heavy atom. The van der Waals surface area contributed by atoms with E-state index in [2.05, 4.69) is 10.3 Å². The van der Waals surface area contributed by atoms with Crippen molar-refractivity contribution in [2.75, 3.05) is 44.1 Å². The molecule has 0 saturated carbocycles. The van der Waals surface area contributed by atoms with Crippen molar-refractivity contribution in [2.45, 2.75) is 43.7 Å². The van der Waals surface area contributed by atoms with Gasteiger partial charge in [0.05, 0.1) is 26.3 Å². The van der Waals surface area contributed by atoms with Crippen LogP contribution in [0.5, 0.6) is 5.75 Å². The lowest BCUT2D eigenvalue weighted by molar-refractivity contribution is -0.272. The second kappa shape index (κ2) is 10.9. The summed E-state index contributed by atoms with van der Waals surface area (Å²) < 4.78 is 81.4. The second-order valence-corrected chi connectivity index (χ2v) is 10.1. The summed E-state index contributed by atoms with van der Waals surface area (Å²) in [6.45, 7) is 2.09. The number of aliphatic hydroxyl groups is 1. The summed E-state index contributed by atoms with van der Waals surface area (Å²) in [6, 6.07) is 3.92. The van der Waals surface area contributed by atoms with E-state index < -0.39 is 59.1 Å². The summed E-state index contributed by atoms with van der Waals surface area (Å²) in [4.78, 5) is 33.3. The van der Waals surface area contributed by atoms with E-state index in [1.165, 1.54) is 30.2 Å². The molecule has 1 aromatic heterocycles. The minimum absolute atomic E-state index is 0.0658. The molecule has 1 aromatic carbocycles. The topological polar surface area (TPSA) is 104 Å². The highest BCUT2D eigenvalue weighted by Crippen LogP contribution is 2.55. The molecule has 40 heavy (non-hydrogen) atoms. The molecule has 2 N–H and O–H groups in total. The van der Waals surface area contributed by atoms with Gasteiger partial charge in [0.15, 0.2) is 17.2 Å². The van der Waals surface area contributed by atoms with Gasteiger partial charge in [-0.2, -0.15) is 17.6 Å². The predicted octanol–water partition coefficient (Wildman–Crippen LogP) is 3.09. The minimum atomic E-state index is -4.91. The first kappa shape index (κ1) is 29.6. The molecule has 5 atom stereocenters. The third kappa shape index (κ3) is 5.10. The summed E-state index contributed by atoms with van der Waals surface area (Å²) >= 11 is 0. The van der Waals surface area contributed by atoms with Crippen LogP contribution in [0.25, 0.3) is 0 Å². The number of alkyl halides is 3. The van der Waals surface area contributed by atoms with E-state index in [-0.39, 0.29) is 36.1 Å². The van der Waals surface area contributed by atoms with Crippen LogP contribution >= 0.6 is 0 Å². The lowest BCUT2D eigenvalue weighted by Crippen LogP contribution is -2.57. The zero-order valence-electron chi connectivity index (χ0n) is 22.1.